The topological polar surface area (TPSA) is 13.0 Å². The first kappa shape index (κ1) is 17.5. The van der Waals surface area contributed by atoms with Gasteiger partial charge in [0.15, 0.2) is 0 Å². The van der Waals surface area contributed by atoms with Crippen LogP contribution < -0.4 is 9.80 Å². The van der Waals surface area contributed by atoms with Gasteiger partial charge in [0.25, 0.3) is 0 Å². The minimum atomic E-state index is 0.0209. The predicted molar refractivity (Wildman–Crippen MR) is 119 cm³/mol. The van der Waals surface area contributed by atoms with Crippen LogP contribution in [0.25, 0.3) is 0 Å². The molecule has 152 valence electrons. The minimum absolute atomic E-state index is 0.0209. The first-order chi connectivity index (χ1) is 14.0. The number of benzene rings is 1. The Hall–Kier alpha value is -2.36. The van der Waals surface area contributed by atoms with Gasteiger partial charge in [0.1, 0.15) is 12.3 Å². The molecular formula is C25H32N4. The first-order valence-corrected chi connectivity index (χ1v) is 11.2. The standard InChI is InChI=1S/C25H32N4/c1-7-23(8-2)21-26(5)13-15-28(21)18-11-10-12-19-20(18)25(23)17(4)24(25,9-3)22-27(6)14-16-29(19)22/h10-16,21-22H,4,7-9H2,1-3,5-6H3. The lowest BCUT2D eigenvalue weighted by atomic mass is 9.55. The molecule has 1 spiro atoms. The smallest absolute Gasteiger partial charge is 0.116 e. The Bertz CT molecular complexity index is 974. The van der Waals surface area contributed by atoms with E-state index in [9.17, 15) is 0 Å². The van der Waals surface area contributed by atoms with E-state index < -0.39 is 0 Å². The van der Waals surface area contributed by atoms with Crippen LogP contribution in [0.4, 0.5) is 11.4 Å². The molecule has 4 unspecified atom stereocenters. The molecule has 6 rings (SSSR count). The second kappa shape index (κ2) is 5.03. The molecule has 0 radical (unpaired) electrons. The summed E-state index contributed by atoms with van der Waals surface area (Å²) in [7, 11) is 4.49. The zero-order chi connectivity index (χ0) is 20.3. The largest absolute Gasteiger partial charge is 0.358 e. The highest BCUT2D eigenvalue weighted by molar-refractivity contribution is 5.87. The monoisotopic (exact) mass is 388 g/mol. The van der Waals surface area contributed by atoms with Crippen LogP contribution in [-0.2, 0) is 5.41 Å². The maximum Gasteiger partial charge on any atom is 0.116 e. The molecule has 0 amide bonds. The number of hydrogen-bond acceptors (Lipinski definition) is 4. The fraction of sp³-hybridized carbons (Fsp3) is 0.520. The molecule has 4 heterocycles. The summed E-state index contributed by atoms with van der Waals surface area (Å²) in [5, 5.41) is 0. The average Bonchev–Trinajstić information content (AvgIpc) is 3.04. The minimum Gasteiger partial charge on any atom is -0.358 e. The van der Waals surface area contributed by atoms with Crippen LogP contribution in [0.5, 0.6) is 0 Å². The fourth-order valence-electron chi connectivity index (χ4n) is 8.35. The highest BCUT2D eigenvalue weighted by atomic mass is 15.4. The number of rotatable bonds is 3. The summed E-state index contributed by atoms with van der Waals surface area (Å²) in [4.78, 5) is 9.95. The van der Waals surface area contributed by atoms with Gasteiger partial charge in [0.05, 0.1) is 0 Å². The van der Waals surface area contributed by atoms with Crippen LogP contribution in [0.15, 0.2) is 55.2 Å². The van der Waals surface area contributed by atoms with E-state index in [2.05, 4.69) is 97.5 Å². The third kappa shape index (κ3) is 1.41. The molecule has 0 aromatic heterocycles. The normalized spacial score (nSPS) is 36.9. The molecule has 4 aliphatic heterocycles. The van der Waals surface area contributed by atoms with Crippen molar-refractivity contribution >= 4 is 11.4 Å². The molecule has 0 bridgehead atoms. The molecule has 4 atom stereocenters. The Morgan fingerprint density at radius 2 is 1.38 bits per heavy atom. The van der Waals surface area contributed by atoms with Crippen molar-refractivity contribution in [3.63, 3.8) is 0 Å². The molecule has 1 aliphatic carbocycles. The van der Waals surface area contributed by atoms with E-state index in [0.29, 0.717) is 12.3 Å². The number of anilines is 2. The van der Waals surface area contributed by atoms with E-state index in [1.54, 1.807) is 0 Å². The Labute approximate surface area is 174 Å². The van der Waals surface area contributed by atoms with E-state index in [4.69, 9.17) is 6.58 Å². The molecule has 4 heteroatoms. The van der Waals surface area contributed by atoms with Gasteiger partial charge in [0, 0.05) is 72.1 Å². The van der Waals surface area contributed by atoms with Crippen molar-refractivity contribution in [3.05, 3.63) is 60.7 Å². The van der Waals surface area contributed by atoms with E-state index in [0.717, 1.165) is 19.3 Å². The van der Waals surface area contributed by atoms with Gasteiger partial charge in [-0.15, -0.1) is 0 Å². The van der Waals surface area contributed by atoms with Crippen molar-refractivity contribution in [3.8, 4) is 0 Å². The lowest BCUT2D eigenvalue weighted by Gasteiger charge is -2.60. The molecule has 0 N–H and O–H groups in total. The van der Waals surface area contributed by atoms with Gasteiger partial charge >= 0.3 is 0 Å². The molecule has 1 fully saturated rings. The van der Waals surface area contributed by atoms with Crippen molar-refractivity contribution < 1.29 is 0 Å². The molecule has 5 aliphatic rings. The summed E-state index contributed by atoms with van der Waals surface area (Å²) in [5.74, 6) is 0. The van der Waals surface area contributed by atoms with Crippen molar-refractivity contribution in [2.75, 3.05) is 23.9 Å². The highest BCUT2D eigenvalue weighted by Gasteiger charge is 2.87. The summed E-state index contributed by atoms with van der Waals surface area (Å²) >= 11 is 0. The third-order valence-electron chi connectivity index (χ3n) is 9.27. The second-order valence-corrected chi connectivity index (χ2v) is 9.58. The van der Waals surface area contributed by atoms with E-state index in [1.807, 2.05) is 0 Å². The zero-order valence-corrected chi connectivity index (χ0v) is 18.3. The SMILES string of the molecule is C=C1C2(CC)C3N(C)C=CN3c3cccc4c3C12C(CC)(CC)C1N(C)C=CN41. The molecular weight excluding hydrogens is 356 g/mol. The van der Waals surface area contributed by atoms with Gasteiger partial charge in [-0.25, -0.2) is 0 Å². The van der Waals surface area contributed by atoms with Crippen molar-refractivity contribution in [2.24, 2.45) is 10.8 Å². The Balaban J connectivity index is 1.77. The summed E-state index contributed by atoms with van der Waals surface area (Å²) in [6, 6.07) is 6.91. The van der Waals surface area contributed by atoms with Gasteiger partial charge in [-0.1, -0.05) is 39.0 Å². The van der Waals surface area contributed by atoms with Gasteiger partial charge in [-0.05, 0) is 31.4 Å². The molecule has 29 heavy (non-hydrogen) atoms. The summed E-state index contributed by atoms with van der Waals surface area (Å²) in [5.41, 5.74) is 5.97. The van der Waals surface area contributed by atoms with E-state index in [1.165, 1.54) is 22.5 Å². The maximum atomic E-state index is 4.86. The number of hydrogen-bond donors (Lipinski definition) is 0. The Kier molecular flexibility index (Phi) is 3.03. The quantitative estimate of drug-likeness (QED) is 0.688. The number of fused-ring (bicyclic) bond motifs is 5. The lowest BCUT2D eigenvalue weighted by Crippen LogP contribution is -2.64. The van der Waals surface area contributed by atoms with Crippen LogP contribution in [0.1, 0.15) is 45.6 Å². The first-order valence-electron chi connectivity index (χ1n) is 11.2. The van der Waals surface area contributed by atoms with Crippen LogP contribution in [0, 0.1) is 10.8 Å². The van der Waals surface area contributed by atoms with E-state index >= 15 is 0 Å². The molecule has 1 aromatic rings. The van der Waals surface area contributed by atoms with Crippen LogP contribution in [-0.4, -0.2) is 36.2 Å². The van der Waals surface area contributed by atoms with Crippen molar-refractivity contribution in [1.82, 2.24) is 9.80 Å². The Morgan fingerprint density at radius 1 is 0.828 bits per heavy atom. The molecule has 0 saturated heterocycles. The second-order valence-electron chi connectivity index (χ2n) is 9.58. The Morgan fingerprint density at radius 3 is 1.93 bits per heavy atom. The summed E-state index contributed by atoms with van der Waals surface area (Å²) in [6.07, 6.45) is 13.2. The number of nitrogens with zero attached hydrogens (tertiary/aromatic N) is 4. The summed E-state index contributed by atoms with van der Waals surface area (Å²) in [6.45, 7) is 12.1. The van der Waals surface area contributed by atoms with E-state index in [-0.39, 0.29) is 16.2 Å². The maximum absolute atomic E-state index is 4.86. The summed E-state index contributed by atoms with van der Waals surface area (Å²) < 4.78 is 0. The van der Waals surface area contributed by atoms with Crippen molar-refractivity contribution in [2.45, 2.75) is 57.8 Å². The van der Waals surface area contributed by atoms with Gasteiger partial charge < -0.3 is 19.6 Å². The highest BCUT2D eigenvalue weighted by Crippen LogP contribution is 2.86. The zero-order valence-electron chi connectivity index (χ0n) is 18.3. The molecule has 4 nitrogen and oxygen atoms in total. The molecule has 1 aromatic carbocycles. The van der Waals surface area contributed by atoms with Crippen LogP contribution >= 0.6 is 0 Å². The van der Waals surface area contributed by atoms with Crippen molar-refractivity contribution in [1.29, 1.82) is 0 Å². The average molecular weight is 389 g/mol. The van der Waals surface area contributed by atoms with Crippen LogP contribution in [0.2, 0.25) is 0 Å². The van der Waals surface area contributed by atoms with Gasteiger partial charge in [-0.3, -0.25) is 0 Å². The predicted octanol–water partition coefficient (Wildman–Crippen LogP) is 4.82. The molecule has 1 saturated carbocycles. The van der Waals surface area contributed by atoms with Crippen LogP contribution in [0.3, 0.4) is 0 Å². The lowest BCUT2D eigenvalue weighted by molar-refractivity contribution is 0.0218. The fourth-order valence-corrected chi connectivity index (χ4v) is 8.35. The van der Waals surface area contributed by atoms with Gasteiger partial charge in [-0.2, -0.15) is 0 Å². The van der Waals surface area contributed by atoms with Gasteiger partial charge in [0.2, 0.25) is 0 Å². The third-order valence-corrected chi connectivity index (χ3v) is 9.27.